The molecule has 7 heteroatoms. The highest BCUT2D eigenvalue weighted by Crippen LogP contribution is 2.26. The van der Waals surface area contributed by atoms with Gasteiger partial charge in [0.05, 0.1) is 12.5 Å². The van der Waals surface area contributed by atoms with Crippen LogP contribution in [0.1, 0.15) is 24.5 Å². The third-order valence-electron chi connectivity index (χ3n) is 3.35. The lowest BCUT2D eigenvalue weighted by atomic mass is 10.1. The summed E-state index contributed by atoms with van der Waals surface area (Å²) < 4.78 is 10.6. The summed E-state index contributed by atoms with van der Waals surface area (Å²) in [5, 5.41) is 9.12. The zero-order chi connectivity index (χ0) is 18.3. The maximum atomic E-state index is 12.0. The van der Waals surface area contributed by atoms with Gasteiger partial charge in [-0.2, -0.15) is 5.26 Å². The van der Waals surface area contributed by atoms with Crippen LogP contribution in [-0.4, -0.2) is 43.1 Å². The molecule has 0 saturated carbocycles. The van der Waals surface area contributed by atoms with Crippen LogP contribution < -0.4 is 4.74 Å². The Morgan fingerprint density at radius 3 is 2.46 bits per heavy atom. The fourth-order valence-corrected chi connectivity index (χ4v) is 2.50. The number of hydrogen-bond donors (Lipinski definition) is 0. The monoisotopic (exact) mass is 352 g/mol. The molecule has 1 rings (SSSR count). The molecule has 0 aliphatic heterocycles. The quantitative estimate of drug-likeness (QED) is 0.705. The van der Waals surface area contributed by atoms with Crippen molar-refractivity contribution in [2.75, 3.05) is 20.2 Å². The van der Waals surface area contributed by atoms with E-state index in [0.717, 1.165) is 11.1 Å². The minimum Gasteiger partial charge on any atom is -0.481 e. The number of esters is 1. The molecule has 6 nitrogen and oxygen atoms in total. The number of benzene rings is 1. The van der Waals surface area contributed by atoms with Gasteiger partial charge in [0.1, 0.15) is 5.75 Å². The van der Waals surface area contributed by atoms with E-state index in [1.807, 2.05) is 19.9 Å². The lowest BCUT2D eigenvalue weighted by Gasteiger charge is -2.20. The van der Waals surface area contributed by atoms with E-state index < -0.39 is 12.1 Å². The van der Waals surface area contributed by atoms with Crippen molar-refractivity contribution in [2.45, 2.75) is 33.3 Å². The molecular weight excluding hydrogens is 332 g/mol. The van der Waals surface area contributed by atoms with Crippen LogP contribution in [0.25, 0.3) is 0 Å². The van der Waals surface area contributed by atoms with Gasteiger partial charge in [0.25, 0.3) is 5.91 Å². The zero-order valence-electron chi connectivity index (χ0n) is 14.3. The van der Waals surface area contributed by atoms with Gasteiger partial charge in [-0.05, 0) is 44.0 Å². The largest absolute Gasteiger partial charge is 0.481 e. The molecule has 0 fully saturated rings. The second-order valence-corrected chi connectivity index (χ2v) is 5.89. The lowest BCUT2D eigenvalue weighted by Crippen LogP contribution is -2.38. The van der Waals surface area contributed by atoms with Crippen molar-refractivity contribution in [3.05, 3.63) is 28.3 Å². The van der Waals surface area contributed by atoms with Crippen LogP contribution in [-0.2, 0) is 14.3 Å². The number of hydrogen-bond acceptors (Lipinski definition) is 5. The van der Waals surface area contributed by atoms with E-state index in [9.17, 15) is 9.59 Å². The van der Waals surface area contributed by atoms with Crippen molar-refractivity contribution in [1.82, 2.24) is 4.90 Å². The third kappa shape index (κ3) is 5.74. The average molecular weight is 353 g/mol. The number of rotatable bonds is 7. The van der Waals surface area contributed by atoms with Gasteiger partial charge in [-0.3, -0.25) is 4.79 Å². The van der Waals surface area contributed by atoms with Crippen LogP contribution in [0, 0.1) is 25.2 Å². The highest BCUT2D eigenvalue weighted by atomic mass is 35.5. The van der Waals surface area contributed by atoms with E-state index in [1.165, 1.54) is 11.8 Å². The Hall–Kier alpha value is -2.26. The van der Waals surface area contributed by atoms with Crippen LogP contribution in [0.2, 0.25) is 5.02 Å². The fraction of sp³-hybridized carbons (Fsp3) is 0.471. The molecule has 0 unspecified atom stereocenters. The van der Waals surface area contributed by atoms with E-state index in [0.29, 0.717) is 10.8 Å². The van der Waals surface area contributed by atoms with Crippen molar-refractivity contribution in [3.8, 4) is 11.8 Å². The third-order valence-corrected chi connectivity index (χ3v) is 3.57. The average Bonchev–Trinajstić information content (AvgIpc) is 2.50. The Balaban J connectivity index is 2.55. The molecule has 0 aliphatic rings. The summed E-state index contributed by atoms with van der Waals surface area (Å²) in [5.41, 5.74) is 1.63. The number of nitriles is 1. The molecule has 0 spiro atoms. The maximum Gasteiger partial charge on any atom is 0.344 e. The van der Waals surface area contributed by atoms with Crippen molar-refractivity contribution in [3.63, 3.8) is 0 Å². The molecule has 0 heterocycles. The van der Waals surface area contributed by atoms with E-state index in [1.54, 1.807) is 19.2 Å². The Kier molecular flexibility index (Phi) is 7.53. The van der Waals surface area contributed by atoms with E-state index in [4.69, 9.17) is 26.3 Å². The Morgan fingerprint density at radius 2 is 1.92 bits per heavy atom. The molecule has 1 amide bonds. The zero-order valence-corrected chi connectivity index (χ0v) is 15.0. The molecule has 130 valence electrons. The fourth-order valence-electron chi connectivity index (χ4n) is 2.18. The van der Waals surface area contributed by atoms with Crippen LogP contribution in [0.5, 0.6) is 5.75 Å². The first-order valence-electron chi connectivity index (χ1n) is 7.47. The number of ether oxygens (including phenoxy) is 2. The van der Waals surface area contributed by atoms with Crippen LogP contribution >= 0.6 is 11.6 Å². The normalized spacial score (nSPS) is 11.3. The smallest absolute Gasteiger partial charge is 0.344 e. The van der Waals surface area contributed by atoms with Crippen LogP contribution in [0.4, 0.5) is 0 Å². The SMILES string of the molecule is Cc1cc(Cl)cc(C)c1OCC(=O)O[C@H](C)C(=O)N(C)CCC#N. The first-order chi connectivity index (χ1) is 11.3. The van der Waals surface area contributed by atoms with E-state index in [-0.39, 0.29) is 25.5 Å². The summed E-state index contributed by atoms with van der Waals surface area (Å²) in [6, 6.07) is 5.44. The summed E-state index contributed by atoms with van der Waals surface area (Å²) in [4.78, 5) is 25.2. The number of aryl methyl sites for hydroxylation is 2. The highest BCUT2D eigenvalue weighted by molar-refractivity contribution is 6.30. The van der Waals surface area contributed by atoms with Crippen LogP contribution in [0.3, 0.4) is 0 Å². The Bertz CT molecular complexity index is 631. The molecule has 0 aromatic heterocycles. The standard InChI is InChI=1S/C17H21ClN2O4/c1-11-8-14(18)9-12(2)16(11)23-10-15(21)24-13(3)17(22)20(4)7-5-6-19/h8-9,13H,5,7,10H2,1-4H3/t13-/m1/s1. The minimum atomic E-state index is -0.933. The molecule has 0 N–H and O–H groups in total. The number of likely N-dealkylation sites (N-methyl/N-ethyl adjacent to an activating group) is 1. The minimum absolute atomic E-state index is 0.223. The molecule has 0 saturated heterocycles. The topological polar surface area (TPSA) is 79.6 Å². The molecule has 24 heavy (non-hydrogen) atoms. The first-order valence-corrected chi connectivity index (χ1v) is 7.85. The number of carbonyl (C=O) groups excluding carboxylic acids is 2. The highest BCUT2D eigenvalue weighted by Gasteiger charge is 2.21. The van der Waals surface area contributed by atoms with Gasteiger partial charge in [-0.25, -0.2) is 4.79 Å². The molecule has 1 aromatic carbocycles. The number of nitrogens with zero attached hydrogens (tertiary/aromatic N) is 2. The summed E-state index contributed by atoms with van der Waals surface area (Å²) in [5.74, 6) is -0.433. The van der Waals surface area contributed by atoms with E-state index in [2.05, 4.69) is 0 Å². The summed E-state index contributed by atoms with van der Waals surface area (Å²) in [6.07, 6.45) is -0.710. The molecule has 0 aliphatic carbocycles. The van der Waals surface area contributed by atoms with Crippen molar-refractivity contribution in [2.24, 2.45) is 0 Å². The van der Waals surface area contributed by atoms with E-state index >= 15 is 0 Å². The van der Waals surface area contributed by atoms with Gasteiger partial charge >= 0.3 is 5.97 Å². The van der Waals surface area contributed by atoms with Gasteiger partial charge in [-0.15, -0.1) is 0 Å². The van der Waals surface area contributed by atoms with Crippen molar-refractivity contribution >= 4 is 23.5 Å². The van der Waals surface area contributed by atoms with Gasteiger partial charge in [0.15, 0.2) is 12.7 Å². The van der Waals surface area contributed by atoms with Gasteiger partial charge in [0, 0.05) is 18.6 Å². The van der Waals surface area contributed by atoms with Crippen LogP contribution in [0.15, 0.2) is 12.1 Å². The predicted molar refractivity (Wildman–Crippen MR) is 89.8 cm³/mol. The second-order valence-electron chi connectivity index (χ2n) is 5.46. The van der Waals surface area contributed by atoms with Gasteiger partial charge in [-0.1, -0.05) is 11.6 Å². The summed E-state index contributed by atoms with van der Waals surface area (Å²) in [7, 11) is 1.56. The molecular formula is C17H21ClN2O4. The Labute approximate surface area is 146 Å². The summed E-state index contributed by atoms with van der Waals surface area (Å²) >= 11 is 5.94. The van der Waals surface area contributed by atoms with Crippen molar-refractivity contribution in [1.29, 1.82) is 5.26 Å². The van der Waals surface area contributed by atoms with Gasteiger partial charge in [0.2, 0.25) is 0 Å². The molecule has 0 bridgehead atoms. The van der Waals surface area contributed by atoms with Crippen molar-refractivity contribution < 1.29 is 19.1 Å². The predicted octanol–water partition coefficient (Wildman–Crippen LogP) is 2.64. The number of amides is 1. The first kappa shape index (κ1) is 19.8. The number of carbonyl (C=O) groups is 2. The maximum absolute atomic E-state index is 12.0. The molecule has 1 aromatic rings. The Morgan fingerprint density at radius 1 is 1.33 bits per heavy atom. The lowest BCUT2D eigenvalue weighted by molar-refractivity contribution is -0.160. The summed E-state index contributed by atoms with van der Waals surface area (Å²) in [6.45, 7) is 5.13. The molecule has 1 atom stereocenters. The molecule has 0 radical (unpaired) electrons. The number of halogens is 1. The second kappa shape index (κ2) is 9.14. The van der Waals surface area contributed by atoms with Gasteiger partial charge < -0.3 is 14.4 Å².